The van der Waals surface area contributed by atoms with Crippen molar-refractivity contribution >= 4 is 0 Å². The van der Waals surface area contributed by atoms with Crippen LogP contribution in [0, 0.1) is 0 Å². The Bertz CT molecular complexity index is 320. The summed E-state index contributed by atoms with van der Waals surface area (Å²) in [5, 5.41) is 3.56. The van der Waals surface area contributed by atoms with Gasteiger partial charge in [0.2, 0.25) is 0 Å². The maximum Gasteiger partial charge on any atom is 0.0535 e. The van der Waals surface area contributed by atoms with Gasteiger partial charge in [0.1, 0.15) is 0 Å². The highest BCUT2D eigenvalue weighted by atomic mass is 16.5. The molecule has 0 bridgehead atoms. The van der Waals surface area contributed by atoms with E-state index >= 15 is 0 Å². The highest BCUT2D eigenvalue weighted by Gasteiger charge is 2.20. The van der Waals surface area contributed by atoms with E-state index in [0.717, 1.165) is 13.2 Å². The van der Waals surface area contributed by atoms with Gasteiger partial charge in [-0.3, -0.25) is 0 Å². The summed E-state index contributed by atoms with van der Waals surface area (Å²) >= 11 is 0. The molecule has 0 amide bonds. The van der Waals surface area contributed by atoms with Crippen molar-refractivity contribution in [3.05, 3.63) is 35.4 Å². The minimum atomic E-state index is 0.585. The summed E-state index contributed by atoms with van der Waals surface area (Å²) < 4.78 is 5.46. The lowest BCUT2D eigenvalue weighted by Gasteiger charge is -2.14. The Morgan fingerprint density at radius 2 is 2.12 bits per heavy atom. The van der Waals surface area contributed by atoms with Gasteiger partial charge < -0.3 is 10.1 Å². The fourth-order valence-corrected chi connectivity index (χ4v) is 2.80. The monoisotopic (exact) mass is 217 g/mol. The molecular weight excluding hydrogens is 198 g/mol. The van der Waals surface area contributed by atoms with Gasteiger partial charge in [0.05, 0.1) is 6.61 Å². The van der Waals surface area contributed by atoms with Crippen molar-refractivity contribution in [2.75, 3.05) is 19.8 Å². The number of rotatable bonds is 2. The van der Waals surface area contributed by atoms with E-state index in [-0.39, 0.29) is 0 Å². The third kappa shape index (κ3) is 2.00. The number of hydrogen-bond acceptors (Lipinski definition) is 2. The molecule has 2 aliphatic heterocycles. The second kappa shape index (κ2) is 4.56. The predicted molar refractivity (Wildman–Crippen MR) is 64.6 cm³/mol. The van der Waals surface area contributed by atoms with Crippen molar-refractivity contribution in [3.8, 4) is 0 Å². The van der Waals surface area contributed by atoms with Crippen molar-refractivity contribution < 1.29 is 4.74 Å². The second-order valence-electron chi connectivity index (χ2n) is 4.88. The molecular formula is C14H19NO. The Hall–Kier alpha value is -0.860. The molecule has 86 valence electrons. The summed E-state index contributed by atoms with van der Waals surface area (Å²) in [7, 11) is 0. The molecule has 0 aliphatic carbocycles. The number of hydrogen-bond donors (Lipinski definition) is 1. The van der Waals surface area contributed by atoms with Gasteiger partial charge in [0.15, 0.2) is 0 Å². The summed E-state index contributed by atoms with van der Waals surface area (Å²) in [6, 6.07) is 9.66. The Morgan fingerprint density at radius 1 is 1.19 bits per heavy atom. The van der Waals surface area contributed by atoms with Crippen LogP contribution in [0.25, 0.3) is 0 Å². The molecule has 0 aromatic heterocycles. The van der Waals surface area contributed by atoms with Gasteiger partial charge in [-0.1, -0.05) is 24.3 Å². The lowest BCUT2D eigenvalue weighted by atomic mass is 9.94. The van der Waals surface area contributed by atoms with E-state index in [1.807, 2.05) is 0 Å². The quantitative estimate of drug-likeness (QED) is 0.822. The Labute approximate surface area is 97.0 Å². The lowest BCUT2D eigenvalue weighted by molar-refractivity contribution is 0.194. The third-order valence-corrected chi connectivity index (χ3v) is 3.77. The van der Waals surface area contributed by atoms with Crippen LogP contribution in [0.1, 0.15) is 42.3 Å². The molecule has 1 aromatic rings. The van der Waals surface area contributed by atoms with E-state index < -0.39 is 0 Å². The SMILES string of the molecule is c1cc(C2CCOC2)cc(C2CCCN2)c1. The minimum absolute atomic E-state index is 0.585. The highest BCUT2D eigenvalue weighted by Crippen LogP contribution is 2.29. The Kier molecular flexibility index (Phi) is 2.94. The molecule has 2 heteroatoms. The second-order valence-corrected chi connectivity index (χ2v) is 4.88. The van der Waals surface area contributed by atoms with Crippen LogP contribution in [0.4, 0.5) is 0 Å². The number of ether oxygens (including phenoxy) is 1. The van der Waals surface area contributed by atoms with Gasteiger partial charge in [-0.15, -0.1) is 0 Å². The molecule has 0 radical (unpaired) electrons. The standard InChI is InChI=1S/C14H19NO/c1-3-11(13-6-8-16-10-13)9-12(4-1)14-5-2-7-15-14/h1,3-4,9,13-15H,2,5-8,10H2. The lowest BCUT2D eigenvalue weighted by Crippen LogP contribution is -2.13. The fourth-order valence-electron chi connectivity index (χ4n) is 2.80. The summed E-state index contributed by atoms with van der Waals surface area (Å²) in [6.45, 7) is 3.00. The largest absolute Gasteiger partial charge is 0.381 e. The van der Waals surface area contributed by atoms with Gasteiger partial charge in [0.25, 0.3) is 0 Å². The maximum atomic E-state index is 5.46. The molecule has 2 aliphatic rings. The van der Waals surface area contributed by atoms with Gasteiger partial charge in [-0.2, -0.15) is 0 Å². The van der Waals surface area contributed by atoms with Crippen LogP contribution in [-0.4, -0.2) is 19.8 Å². The van der Waals surface area contributed by atoms with Crippen molar-refractivity contribution in [1.29, 1.82) is 0 Å². The molecule has 1 aromatic carbocycles. The van der Waals surface area contributed by atoms with E-state index in [0.29, 0.717) is 12.0 Å². The average molecular weight is 217 g/mol. The molecule has 16 heavy (non-hydrogen) atoms. The average Bonchev–Trinajstić information content (AvgIpc) is 3.03. The van der Waals surface area contributed by atoms with Crippen molar-refractivity contribution in [2.24, 2.45) is 0 Å². The molecule has 0 saturated carbocycles. The molecule has 2 saturated heterocycles. The minimum Gasteiger partial charge on any atom is -0.381 e. The topological polar surface area (TPSA) is 21.3 Å². The van der Waals surface area contributed by atoms with E-state index in [1.54, 1.807) is 0 Å². The van der Waals surface area contributed by atoms with Gasteiger partial charge >= 0.3 is 0 Å². The van der Waals surface area contributed by atoms with Crippen LogP contribution < -0.4 is 5.32 Å². The van der Waals surface area contributed by atoms with Gasteiger partial charge in [0, 0.05) is 18.6 Å². The Balaban J connectivity index is 1.81. The van der Waals surface area contributed by atoms with Crippen molar-refractivity contribution in [3.63, 3.8) is 0 Å². The summed E-state index contributed by atoms with van der Waals surface area (Å²) in [5.41, 5.74) is 2.92. The molecule has 2 fully saturated rings. The normalized spacial score (nSPS) is 29.8. The van der Waals surface area contributed by atoms with Crippen LogP contribution >= 0.6 is 0 Å². The zero-order valence-electron chi connectivity index (χ0n) is 9.61. The van der Waals surface area contributed by atoms with E-state index in [2.05, 4.69) is 29.6 Å². The molecule has 3 rings (SSSR count). The number of benzene rings is 1. The molecule has 2 atom stereocenters. The van der Waals surface area contributed by atoms with Gasteiger partial charge in [-0.05, 0) is 36.9 Å². The fraction of sp³-hybridized carbons (Fsp3) is 0.571. The van der Waals surface area contributed by atoms with E-state index in [1.165, 1.54) is 36.9 Å². The maximum absolute atomic E-state index is 5.46. The molecule has 2 nitrogen and oxygen atoms in total. The zero-order valence-corrected chi connectivity index (χ0v) is 9.61. The van der Waals surface area contributed by atoms with E-state index in [9.17, 15) is 0 Å². The van der Waals surface area contributed by atoms with E-state index in [4.69, 9.17) is 4.74 Å². The third-order valence-electron chi connectivity index (χ3n) is 3.77. The van der Waals surface area contributed by atoms with Crippen LogP contribution in [-0.2, 0) is 4.74 Å². The molecule has 2 heterocycles. The molecule has 2 unspecified atom stereocenters. The predicted octanol–water partition coefficient (Wildman–Crippen LogP) is 2.62. The smallest absolute Gasteiger partial charge is 0.0535 e. The summed E-state index contributed by atoms with van der Waals surface area (Å²) in [6.07, 6.45) is 3.77. The number of nitrogens with one attached hydrogen (secondary N) is 1. The van der Waals surface area contributed by atoms with Crippen LogP contribution in [0.2, 0.25) is 0 Å². The van der Waals surface area contributed by atoms with Gasteiger partial charge in [-0.25, -0.2) is 0 Å². The first kappa shape index (κ1) is 10.3. The van der Waals surface area contributed by atoms with Crippen LogP contribution in [0.15, 0.2) is 24.3 Å². The first-order valence-corrected chi connectivity index (χ1v) is 6.34. The zero-order chi connectivity index (χ0) is 10.8. The van der Waals surface area contributed by atoms with Crippen LogP contribution in [0.5, 0.6) is 0 Å². The van der Waals surface area contributed by atoms with Crippen molar-refractivity contribution in [1.82, 2.24) is 5.32 Å². The molecule has 0 spiro atoms. The first-order valence-electron chi connectivity index (χ1n) is 6.34. The Morgan fingerprint density at radius 3 is 2.88 bits per heavy atom. The summed E-state index contributed by atoms with van der Waals surface area (Å²) in [5.74, 6) is 0.626. The first-order chi connectivity index (χ1) is 7.93. The molecule has 1 N–H and O–H groups in total. The highest BCUT2D eigenvalue weighted by molar-refractivity contribution is 5.29. The van der Waals surface area contributed by atoms with Crippen molar-refractivity contribution in [2.45, 2.75) is 31.2 Å². The van der Waals surface area contributed by atoms with Crippen LogP contribution in [0.3, 0.4) is 0 Å². The summed E-state index contributed by atoms with van der Waals surface area (Å²) in [4.78, 5) is 0.